The second-order valence-electron chi connectivity index (χ2n) is 6.39. The summed E-state index contributed by atoms with van der Waals surface area (Å²) in [5.41, 5.74) is 1.71. The van der Waals surface area contributed by atoms with E-state index in [0.717, 1.165) is 21.5 Å². The Balaban J connectivity index is 1.90. The molecule has 0 atom stereocenters. The minimum atomic E-state index is -0.818. The first-order valence-electron chi connectivity index (χ1n) is 7.27. The number of carboxylic acids is 1. The fourth-order valence-corrected chi connectivity index (χ4v) is 2.89. The molecule has 2 heterocycles. The molecule has 0 fully saturated rings. The molecular formula is C17H18N2O3S. The number of benzene rings is 1. The van der Waals surface area contributed by atoms with Crippen molar-refractivity contribution >= 4 is 28.6 Å². The number of rotatable bonds is 4. The Morgan fingerprint density at radius 1 is 1.35 bits per heavy atom. The molecule has 0 aliphatic carbocycles. The fraction of sp³-hybridized carbons (Fsp3) is 0.294. The minimum Gasteiger partial charge on any atom is -0.481 e. The lowest BCUT2D eigenvalue weighted by Gasteiger charge is -2.11. The molecule has 3 rings (SSSR count). The molecule has 0 saturated heterocycles. The summed E-state index contributed by atoms with van der Waals surface area (Å²) < 4.78 is 5.85. The number of nitrogens with zero attached hydrogens (tertiary/aromatic N) is 1. The highest BCUT2D eigenvalue weighted by atomic mass is 32.2. The van der Waals surface area contributed by atoms with Gasteiger partial charge in [-0.1, -0.05) is 20.8 Å². The molecule has 2 N–H and O–H groups in total. The summed E-state index contributed by atoms with van der Waals surface area (Å²) in [6, 6.07) is 7.83. The number of carboxylic acid groups (broad SMARTS) is 1. The normalized spacial score (nSPS) is 12.0. The van der Waals surface area contributed by atoms with E-state index < -0.39 is 5.97 Å². The average Bonchev–Trinajstić information content (AvgIpc) is 3.10. The summed E-state index contributed by atoms with van der Waals surface area (Å²) in [5.74, 6) is 0.635. The Hall–Kier alpha value is -2.21. The number of aromatic nitrogens is 2. The number of oxazole rings is 1. The Kier molecular flexibility index (Phi) is 3.93. The lowest BCUT2D eigenvalue weighted by molar-refractivity contribution is -0.133. The first-order chi connectivity index (χ1) is 10.8. The zero-order valence-electron chi connectivity index (χ0n) is 13.2. The summed E-state index contributed by atoms with van der Waals surface area (Å²) in [6.45, 7) is 6.17. The molecule has 3 aromatic rings. The van der Waals surface area contributed by atoms with Crippen molar-refractivity contribution in [3.05, 3.63) is 36.4 Å². The Labute approximate surface area is 138 Å². The summed E-state index contributed by atoms with van der Waals surface area (Å²) >= 11 is 1.31. The van der Waals surface area contributed by atoms with Gasteiger partial charge in [0, 0.05) is 21.2 Å². The molecule has 1 aromatic carbocycles. The van der Waals surface area contributed by atoms with Crippen LogP contribution in [-0.4, -0.2) is 26.8 Å². The first kappa shape index (κ1) is 15.7. The third-order valence-electron chi connectivity index (χ3n) is 3.37. The summed E-state index contributed by atoms with van der Waals surface area (Å²) in [4.78, 5) is 19.2. The van der Waals surface area contributed by atoms with Gasteiger partial charge in [0.15, 0.2) is 11.7 Å². The highest BCUT2D eigenvalue weighted by Crippen LogP contribution is 2.30. The molecule has 23 heavy (non-hydrogen) atoms. The number of thioether (sulfide) groups is 1. The number of aromatic amines is 1. The minimum absolute atomic E-state index is 0.0554. The van der Waals surface area contributed by atoms with Gasteiger partial charge in [-0.25, -0.2) is 4.98 Å². The predicted octanol–water partition coefficient (Wildman–Crippen LogP) is 4.30. The Morgan fingerprint density at radius 3 is 2.78 bits per heavy atom. The summed E-state index contributed by atoms with van der Waals surface area (Å²) in [6.07, 6.45) is 1.73. The molecule has 0 radical (unpaired) electrons. The standard InChI is InChI=1S/C17H18N2O3S/c1-17(2,3)16-18-8-14(22-16)13-7-10-6-11(23-9-15(20)21)4-5-12(10)19-13/h4-8,19H,9H2,1-3H3,(H,20,21). The van der Waals surface area contributed by atoms with Gasteiger partial charge in [-0.15, -0.1) is 11.8 Å². The molecule has 0 amide bonds. The molecule has 0 aliphatic heterocycles. The van der Waals surface area contributed by atoms with Crippen LogP contribution in [0.25, 0.3) is 22.4 Å². The molecule has 0 saturated carbocycles. The predicted molar refractivity (Wildman–Crippen MR) is 90.9 cm³/mol. The van der Waals surface area contributed by atoms with E-state index in [1.165, 1.54) is 11.8 Å². The van der Waals surface area contributed by atoms with Crippen LogP contribution in [0.1, 0.15) is 26.7 Å². The largest absolute Gasteiger partial charge is 0.481 e. The topological polar surface area (TPSA) is 79.1 Å². The van der Waals surface area contributed by atoms with Gasteiger partial charge < -0.3 is 14.5 Å². The van der Waals surface area contributed by atoms with Gasteiger partial charge in [0.2, 0.25) is 0 Å². The second-order valence-corrected chi connectivity index (χ2v) is 7.44. The smallest absolute Gasteiger partial charge is 0.313 e. The van der Waals surface area contributed by atoms with Crippen molar-refractivity contribution in [1.82, 2.24) is 9.97 Å². The Bertz CT molecular complexity index is 858. The van der Waals surface area contributed by atoms with Crippen LogP contribution in [0.2, 0.25) is 0 Å². The highest BCUT2D eigenvalue weighted by Gasteiger charge is 2.21. The van der Waals surface area contributed by atoms with E-state index in [9.17, 15) is 4.79 Å². The molecule has 5 nitrogen and oxygen atoms in total. The first-order valence-corrected chi connectivity index (χ1v) is 8.25. The monoisotopic (exact) mass is 330 g/mol. The average molecular weight is 330 g/mol. The van der Waals surface area contributed by atoms with Crippen LogP contribution in [0.3, 0.4) is 0 Å². The maximum Gasteiger partial charge on any atom is 0.313 e. The van der Waals surface area contributed by atoms with Gasteiger partial charge in [0.1, 0.15) is 0 Å². The molecule has 120 valence electrons. The van der Waals surface area contributed by atoms with E-state index in [0.29, 0.717) is 11.7 Å². The van der Waals surface area contributed by atoms with Gasteiger partial charge in [-0.05, 0) is 24.3 Å². The number of H-pyrrole nitrogens is 1. The van der Waals surface area contributed by atoms with E-state index in [1.54, 1.807) is 6.20 Å². The maximum absolute atomic E-state index is 10.7. The van der Waals surface area contributed by atoms with Crippen molar-refractivity contribution in [3.63, 3.8) is 0 Å². The van der Waals surface area contributed by atoms with Crippen LogP contribution in [0.5, 0.6) is 0 Å². The lowest BCUT2D eigenvalue weighted by atomic mass is 9.97. The van der Waals surface area contributed by atoms with Gasteiger partial charge in [0.25, 0.3) is 0 Å². The molecular weight excluding hydrogens is 312 g/mol. The molecule has 6 heteroatoms. The van der Waals surface area contributed by atoms with Crippen molar-refractivity contribution in [2.24, 2.45) is 0 Å². The van der Waals surface area contributed by atoms with Crippen molar-refractivity contribution in [2.45, 2.75) is 31.1 Å². The second kappa shape index (κ2) is 5.77. The number of hydrogen-bond acceptors (Lipinski definition) is 4. The number of nitrogens with one attached hydrogen (secondary N) is 1. The highest BCUT2D eigenvalue weighted by molar-refractivity contribution is 8.00. The van der Waals surface area contributed by atoms with Crippen molar-refractivity contribution in [2.75, 3.05) is 5.75 Å². The van der Waals surface area contributed by atoms with Gasteiger partial charge in [-0.3, -0.25) is 4.79 Å². The van der Waals surface area contributed by atoms with Crippen molar-refractivity contribution < 1.29 is 14.3 Å². The van der Waals surface area contributed by atoms with Gasteiger partial charge in [-0.2, -0.15) is 0 Å². The van der Waals surface area contributed by atoms with Crippen molar-refractivity contribution in [3.8, 4) is 11.5 Å². The number of fused-ring (bicyclic) bond motifs is 1. The van der Waals surface area contributed by atoms with Crippen LogP contribution in [0, 0.1) is 0 Å². The van der Waals surface area contributed by atoms with Gasteiger partial charge in [0.05, 0.1) is 17.6 Å². The summed E-state index contributed by atoms with van der Waals surface area (Å²) in [5, 5.41) is 9.78. The van der Waals surface area contributed by atoms with Gasteiger partial charge >= 0.3 is 5.97 Å². The Morgan fingerprint density at radius 2 is 2.13 bits per heavy atom. The number of carbonyl (C=O) groups is 1. The quantitative estimate of drug-likeness (QED) is 0.697. The van der Waals surface area contributed by atoms with Crippen LogP contribution >= 0.6 is 11.8 Å². The van der Waals surface area contributed by atoms with Crippen LogP contribution in [0.4, 0.5) is 0 Å². The molecule has 0 spiro atoms. The zero-order valence-corrected chi connectivity index (χ0v) is 14.0. The van der Waals surface area contributed by atoms with Crippen LogP contribution in [0.15, 0.2) is 39.8 Å². The van der Waals surface area contributed by atoms with E-state index in [-0.39, 0.29) is 11.2 Å². The van der Waals surface area contributed by atoms with Crippen LogP contribution in [-0.2, 0) is 10.2 Å². The molecule has 2 aromatic heterocycles. The maximum atomic E-state index is 10.7. The summed E-state index contributed by atoms with van der Waals surface area (Å²) in [7, 11) is 0. The lowest BCUT2D eigenvalue weighted by Crippen LogP contribution is -2.10. The molecule has 0 bridgehead atoms. The van der Waals surface area contributed by atoms with Crippen molar-refractivity contribution in [1.29, 1.82) is 0 Å². The molecule has 0 aliphatic rings. The van der Waals surface area contributed by atoms with E-state index in [1.807, 2.05) is 24.3 Å². The number of hydrogen-bond donors (Lipinski definition) is 2. The van der Waals surface area contributed by atoms with E-state index in [2.05, 4.69) is 30.7 Å². The van der Waals surface area contributed by atoms with E-state index in [4.69, 9.17) is 9.52 Å². The van der Waals surface area contributed by atoms with E-state index >= 15 is 0 Å². The third kappa shape index (κ3) is 3.42. The SMILES string of the molecule is CC(C)(C)c1ncc(-c2cc3cc(SCC(=O)O)ccc3[nH]2)o1. The van der Waals surface area contributed by atoms with Crippen LogP contribution < -0.4 is 0 Å². The molecule has 0 unspecified atom stereocenters. The number of aliphatic carboxylic acids is 1. The fourth-order valence-electron chi connectivity index (χ4n) is 2.22. The zero-order chi connectivity index (χ0) is 16.6. The third-order valence-corrected chi connectivity index (χ3v) is 4.35.